The largest absolute Gasteiger partial charge is 0.339 e. The van der Waals surface area contributed by atoms with Crippen molar-refractivity contribution in [3.05, 3.63) is 65.2 Å². The molecule has 2 aliphatic rings. The Hall–Kier alpha value is -3.15. The Morgan fingerprint density at radius 2 is 1.67 bits per heavy atom. The number of carbonyl (C=O) groups excluding carboxylic acids is 3. The maximum absolute atomic E-state index is 12.7. The third-order valence-electron chi connectivity index (χ3n) is 5.87. The van der Waals surface area contributed by atoms with Crippen molar-refractivity contribution in [1.82, 2.24) is 9.80 Å². The third kappa shape index (κ3) is 4.53. The molecule has 6 heteroatoms. The van der Waals surface area contributed by atoms with Crippen LogP contribution in [0.5, 0.6) is 0 Å². The Bertz CT molecular complexity index is 931. The lowest BCUT2D eigenvalue weighted by atomic mass is 10.1. The molecule has 156 valence electrons. The van der Waals surface area contributed by atoms with E-state index in [4.69, 9.17) is 0 Å². The number of nitrogens with one attached hydrogen (secondary N) is 1. The standard InChI is InChI=1S/C24H27N3O3/c1-17-4-6-18(7-5-17)15-27-16-20(14-22(27)28)23(29)25-21-10-8-19(9-11-21)24(30)26-12-2-3-13-26/h4-11,20H,2-3,12-16H2,1H3,(H,25,29). The van der Waals surface area contributed by atoms with E-state index in [1.165, 1.54) is 5.56 Å². The zero-order chi connectivity index (χ0) is 21.1. The van der Waals surface area contributed by atoms with Gasteiger partial charge in [-0.25, -0.2) is 0 Å². The molecule has 0 radical (unpaired) electrons. The van der Waals surface area contributed by atoms with E-state index in [0.29, 0.717) is 24.3 Å². The highest BCUT2D eigenvalue weighted by molar-refractivity contribution is 5.98. The van der Waals surface area contributed by atoms with Crippen LogP contribution in [0, 0.1) is 12.8 Å². The van der Waals surface area contributed by atoms with E-state index < -0.39 is 0 Å². The lowest BCUT2D eigenvalue weighted by Crippen LogP contribution is -2.28. The van der Waals surface area contributed by atoms with Gasteiger partial charge in [-0.05, 0) is 49.6 Å². The lowest BCUT2D eigenvalue weighted by molar-refractivity contribution is -0.128. The fourth-order valence-corrected chi connectivity index (χ4v) is 4.06. The van der Waals surface area contributed by atoms with Crippen molar-refractivity contribution in [1.29, 1.82) is 0 Å². The van der Waals surface area contributed by atoms with E-state index in [2.05, 4.69) is 5.32 Å². The van der Waals surface area contributed by atoms with Crippen LogP contribution in [-0.4, -0.2) is 47.2 Å². The van der Waals surface area contributed by atoms with Gasteiger partial charge in [-0.2, -0.15) is 0 Å². The van der Waals surface area contributed by atoms with Crippen molar-refractivity contribution in [2.75, 3.05) is 25.0 Å². The molecule has 0 saturated carbocycles. The molecule has 0 spiro atoms. The van der Waals surface area contributed by atoms with E-state index in [1.807, 2.05) is 36.1 Å². The molecular weight excluding hydrogens is 378 g/mol. The number of nitrogens with zero attached hydrogens (tertiary/aromatic N) is 2. The molecule has 1 atom stereocenters. The highest BCUT2D eigenvalue weighted by atomic mass is 16.2. The van der Waals surface area contributed by atoms with Crippen LogP contribution in [0.15, 0.2) is 48.5 Å². The summed E-state index contributed by atoms with van der Waals surface area (Å²) in [5, 5.41) is 2.89. The van der Waals surface area contributed by atoms with Crippen molar-refractivity contribution in [3.8, 4) is 0 Å². The minimum atomic E-state index is -0.367. The van der Waals surface area contributed by atoms with Gasteiger partial charge in [0.25, 0.3) is 5.91 Å². The zero-order valence-electron chi connectivity index (χ0n) is 17.3. The molecule has 2 heterocycles. The Morgan fingerprint density at radius 1 is 1.00 bits per heavy atom. The van der Waals surface area contributed by atoms with Gasteiger partial charge >= 0.3 is 0 Å². The summed E-state index contributed by atoms with van der Waals surface area (Å²) >= 11 is 0. The van der Waals surface area contributed by atoms with E-state index in [9.17, 15) is 14.4 Å². The quantitative estimate of drug-likeness (QED) is 0.830. The molecule has 1 unspecified atom stereocenters. The first-order valence-electron chi connectivity index (χ1n) is 10.5. The maximum atomic E-state index is 12.7. The van der Waals surface area contributed by atoms with Gasteiger partial charge in [0.15, 0.2) is 0 Å². The summed E-state index contributed by atoms with van der Waals surface area (Å²) in [6, 6.07) is 15.1. The van der Waals surface area contributed by atoms with Crippen molar-refractivity contribution in [3.63, 3.8) is 0 Å². The number of carbonyl (C=O) groups is 3. The molecule has 0 aromatic heterocycles. The van der Waals surface area contributed by atoms with Crippen molar-refractivity contribution in [2.45, 2.75) is 32.7 Å². The summed E-state index contributed by atoms with van der Waals surface area (Å²) in [5.41, 5.74) is 3.52. The third-order valence-corrected chi connectivity index (χ3v) is 5.87. The number of benzene rings is 2. The predicted octanol–water partition coefficient (Wildman–Crippen LogP) is 3.22. The topological polar surface area (TPSA) is 69.7 Å². The number of amides is 3. The first kappa shape index (κ1) is 20.1. The van der Waals surface area contributed by atoms with Crippen molar-refractivity contribution < 1.29 is 14.4 Å². The summed E-state index contributed by atoms with van der Waals surface area (Å²) in [5.74, 6) is -0.483. The minimum Gasteiger partial charge on any atom is -0.339 e. The summed E-state index contributed by atoms with van der Waals surface area (Å²) < 4.78 is 0. The van der Waals surface area contributed by atoms with E-state index >= 15 is 0 Å². The fraction of sp³-hybridized carbons (Fsp3) is 0.375. The number of hydrogen-bond donors (Lipinski definition) is 1. The van der Waals surface area contributed by atoms with Crippen LogP contribution >= 0.6 is 0 Å². The van der Waals surface area contributed by atoms with Crippen molar-refractivity contribution in [2.24, 2.45) is 5.92 Å². The van der Waals surface area contributed by atoms with Gasteiger partial charge in [-0.15, -0.1) is 0 Å². The normalized spacial score (nSPS) is 18.7. The van der Waals surface area contributed by atoms with Gasteiger partial charge in [-0.1, -0.05) is 29.8 Å². The molecule has 2 saturated heterocycles. The molecular formula is C24H27N3O3. The van der Waals surface area contributed by atoms with Crippen molar-refractivity contribution >= 4 is 23.4 Å². The summed E-state index contributed by atoms with van der Waals surface area (Å²) in [7, 11) is 0. The summed E-state index contributed by atoms with van der Waals surface area (Å²) in [6.07, 6.45) is 2.34. The van der Waals surface area contributed by atoms with Crippen LogP contribution in [0.1, 0.15) is 40.7 Å². The average Bonchev–Trinajstić information content (AvgIpc) is 3.40. The van der Waals surface area contributed by atoms with E-state index in [0.717, 1.165) is 31.5 Å². The molecule has 2 aliphatic heterocycles. The molecule has 2 aromatic rings. The van der Waals surface area contributed by atoms with Crippen LogP contribution < -0.4 is 5.32 Å². The highest BCUT2D eigenvalue weighted by Crippen LogP contribution is 2.23. The van der Waals surface area contributed by atoms with E-state index in [1.54, 1.807) is 29.2 Å². The van der Waals surface area contributed by atoms with Gasteiger partial charge < -0.3 is 15.1 Å². The smallest absolute Gasteiger partial charge is 0.253 e. The Kier molecular flexibility index (Phi) is 5.84. The Labute approximate surface area is 176 Å². The lowest BCUT2D eigenvalue weighted by Gasteiger charge is -2.17. The van der Waals surface area contributed by atoms with E-state index in [-0.39, 0.29) is 30.1 Å². The minimum absolute atomic E-state index is 0.00211. The molecule has 4 rings (SSSR count). The predicted molar refractivity (Wildman–Crippen MR) is 115 cm³/mol. The first-order valence-corrected chi connectivity index (χ1v) is 10.5. The number of rotatable bonds is 5. The second-order valence-electron chi connectivity index (χ2n) is 8.23. The Balaban J connectivity index is 1.33. The maximum Gasteiger partial charge on any atom is 0.253 e. The zero-order valence-corrected chi connectivity index (χ0v) is 17.3. The second-order valence-corrected chi connectivity index (χ2v) is 8.23. The summed E-state index contributed by atoms with van der Waals surface area (Å²) in [4.78, 5) is 41.1. The number of hydrogen-bond acceptors (Lipinski definition) is 3. The van der Waals surface area contributed by atoms with Gasteiger partial charge in [0.05, 0.1) is 5.92 Å². The second kappa shape index (κ2) is 8.69. The average molecular weight is 405 g/mol. The van der Waals surface area contributed by atoms with Gasteiger partial charge in [-0.3, -0.25) is 14.4 Å². The van der Waals surface area contributed by atoms with Crippen LogP contribution in [0.3, 0.4) is 0 Å². The van der Waals surface area contributed by atoms with Gasteiger partial charge in [0.2, 0.25) is 11.8 Å². The number of likely N-dealkylation sites (tertiary alicyclic amines) is 2. The summed E-state index contributed by atoms with van der Waals surface area (Å²) in [6.45, 7) is 4.60. The molecule has 0 aliphatic carbocycles. The molecule has 1 N–H and O–H groups in total. The molecule has 30 heavy (non-hydrogen) atoms. The van der Waals surface area contributed by atoms with Gasteiger partial charge in [0, 0.05) is 43.9 Å². The number of anilines is 1. The van der Waals surface area contributed by atoms with Crippen LogP contribution in [0.25, 0.3) is 0 Å². The Morgan fingerprint density at radius 3 is 2.33 bits per heavy atom. The molecule has 3 amide bonds. The molecule has 2 fully saturated rings. The monoisotopic (exact) mass is 405 g/mol. The SMILES string of the molecule is Cc1ccc(CN2CC(C(=O)Nc3ccc(C(=O)N4CCCC4)cc3)CC2=O)cc1. The van der Waals surface area contributed by atoms with Crippen LogP contribution in [0.2, 0.25) is 0 Å². The first-order chi connectivity index (χ1) is 14.5. The fourth-order valence-electron chi connectivity index (χ4n) is 4.06. The number of aryl methyl sites for hydroxylation is 1. The van der Waals surface area contributed by atoms with Crippen LogP contribution in [0.4, 0.5) is 5.69 Å². The molecule has 2 aromatic carbocycles. The molecule has 0 bridgehead atoms. The highest BCUT2D eigenvalue weighted by Gasteiger charge is 2.34. The molecule has 6 nitrogen and oxygen atoms in total. The van der Waals surface area contributed by atoms with Crippen LogP contribution in [-0.2, 0) is 16.1 Å². The van der Waals surface area contributed by atoms with Gasteiger partial charge in [0.1, 0.15) is 0 Å².